The average Bonchev–Trinajstić information content (AvgIpc) is 2.71. The number of nitrogens with zero attached hydrogens (tertiary/aromatic N) is 2. The quantitative estimate of drug-likeness (QED) is 0.829. The van der Waals surface area contributed by atoms with Gasteiger partial charge in [0.15, 0.2) is 0 Å². The number of nitrogen functional groups attached to an aromatic ring is 1. The molecule has 0 saturated carbocycles. The van der Waals surface area contributed by atoms with Crippen molar-refractivity contribution < 1.29 is 9.59 Å². The molecular weight excluding hydrogens is 244 g/mol. The maximum Gasteiger partial charge on any atom is 0.268 e. The third-order valence-corrected chi connectivity index (χ3v) is 2.78. The number of carbonyl (C=O) groups excluding carboxylic acids is 2. The molecular formula is C13H22N4O2. The van der Waals surface area contributed by atoms with E-state index in [1.807, 2.05) is 18.4 Å². The zero-order chi connectivity index (χ0) is 14.6. The summed E-state index contributed by atoms with van der Waals surface area (Å²) in [4.78, 5) is 24.9. The summed E-state index contributed by atoms with van der Waals surface area (Å²) in [6.45, 7) is 4.27. The highest BCUT2D eigenvalue weighted by atomic mass is 16.2. The highest BCUT2D eigenvalue weighted by molar-refractivity contribution is 5.94. The van der Waals surface area contributed by atoms with Gasteiger partial charge in [-0.3, -0.25) is 9.59 Å². The molecule has 0 atom stereocenters. The van der Waals surface area contributed by atoms with Gasteiger partial charge in [0.1, 0.15) is 5.69 Å². The molecule has 0 aliphatic carbocycles. The number of nitrogens with one attached hydrogen (secondary N) is 1. The lowest BCUT2D eigenvalue weighted by Gasteiger charge is -2.13. The minimum absolute atomic E-state index is 0.0148. The van der Waals surface area contributed by atoms with E-state index in [0.717, 1.165) is 0 Å². The first-order chi connectivity index (χ1) is 8.82. The van der Waals surface area contributed by atoms with Crippen LogP contribution in [0.1, 0.15) is 36.8 Å². The maximum absolute atomic E-state index is 12.0. The van der Waals surface area contributed by atoms with Crippen molar-refractivity contribution in [3.63, 3.8) is 0 Å². The highest BCUT2D eigenvalue weighted by Gasteiger charge is 2.14. The summed E-state index contributed by atoms with van der Waals surface area (Å²) in [7, 11) is 3.38. The molecule has 106 valence electrons. The number of anilines is 1. The number of aromatic nitrogens is 1. The van der Waals surface area contributed by atoms with Crippen molar-refractivity contribution >= 4 is 17.5 Å². The minimum atomic E-state index is -0.211. The second-order valence-electron chi connectivity index (χ2n) is 4.95. The van der Waals surface area contributed by atoms with Crippen molar-refractivity contribution in [3.05, 3.63) is 18.0 Å². The Hall–Kier alpha value is -1.98. The van der Waals surface area contributed by atoms with Gasteiger partial charge in [-0.25, -0.2) is 0 Å². The van der Waals surface area contributed by atoms with Crippen LogP contribution >= 0.6 is 0 Å². The summed E-state index contributed by atoms with van der Waals surface area (Å²) in [5.41, 5.74) is 6.79. The number of hydrogen-bond donors (Lipinski definition) is 2. The van der Waals surface area contributed by atoms with Crippen molar-refractivity contribution in [2.24, 2.45) is 0 Å². The second-order valence-corrected chi connectivity index (χ2v) is 4.95. The van der Waals surface area contributed by atoms with Gasteiger partial charge in [-0.2, -0.15) is 0 Å². The molecule has 6 nitrogen and oxygen atoms in total. The standard InChI is InChI=1S/C13H22N4O2/c1-9(2)17-8-10(14)7-11(17)13(19)15-6-5-12(18)16(3)4/h7-9H,5-6,14H2,1-4H3,(H,15,19). The van der Waals surface area contributed by atoms with E-state index in [1.165, 1.54) is 4.90 Å². The first-order valence-electron chi connectivity index (χ1n) is 6.28. The third kappa shape index (κ3) is 4.01. The van der Waals surface area contributed by atoms with Gasteiger partial charge in [-0.1, -0.05) is 0 Å². The molecule has 0 aliphatic heterocycles. The molecule has 1 rings (SSSR count). The van der Waals surface area contributed by atoms with Gasteiger partial charge in [-0.15, -0.1) is 0 Å². The van der Waals surface area contributed by atoms with Crippen LogP contribution in [-0.4, -0.2) is 41.9 Å². The van der Waals surface area contributed by atoms with E-state index in [2.05, 4.69) is 5.32 Å². The smallest absolute Gasteiger partial charge is 0.268 e. The van der Waals surface area contributed by atoms with Gasteiger partial charge in [0, 0.05) is 39.3 Å². The number of nitrogens with two attached hydrogens (primary N) is 1. The Morgan fingerprint density at radius 2 is 2.05 bits per heavy atom. The van der Waals surface area contributed by atoms with Crippen LogP contribution in [0.25, 0.3) is 0 Å². The normalized spacial score (nSPS) is 10.6. The number of hydrogen-bond acceptors (Lipinski definition) is 3. The van der Waals surface area contributed by atoms with Crippen LogP contribution in [0.2, 0.25) is 0 Å². The molecule has 0 aliphatic rings. The Labute approximate surface area is 113 Å². The summed E-state index contributed by atoms with van der Waals surface area (Å²) in [5.74, 6) is -0.226. The number of carbonyl (C=O) groups is 2. The lowest BCUT2D eigenvalue weighted by molar-refractivity contribution is -0.128. The van der Waals surface area contributed by atoms with E-state index < -0.39 is 0 Å². The Morgan fingerprint density at radius 3 is 2.58 bits per heavy atom. The van der Waals surface area contributed by atoms with Crippen LogP contribution in [0.4, 0.5) is 5.69 Å². The first-order valence-corrected chi connectivity index (χ1v) is 6.28. The van der Waals surface area contributed by atoms with Crippen molar-refractivity contribution in [1.82, 2.24) is 14.8 Å². The molecule has 3 N–H and O–H groups in total. The minimum Gasteiger partial charge on any atom is -0.397 e. The fraction of sp³-hybridized carbons (Fsp3) is 0.538. The molecule has 19 heavy (non-hydrogen) atoms. The van der Waals surface area contributed by atoms with Gasteiger partial charge in [0.25, 0.3) is 5.91 Å². The molecule has 0 aromatic carbocycles. The number of rotatable bonds is 5. The Morgan fingerprint density at radius 1 is 1.42 bits per heavy atom. The van der Waals surface area contributed by atoms with Crippen molar-refractivity contribution in [1.29, 1.82) is 0 Å². The zero-order valence-electron chi connectivity index (χ0n) is 11.9. The van der Waals surface area contributed by atoms with Gasteiger partial charge < -0.3 is 20.5 Å². The molecule has 2 amide bonds. The molecule has 1 aromatic heterocycles. The summed E-state index contributed by atoms with van der Waals surface area (Å²) < 4.78 is 1.82. The highest BCUT2D eigenvalue weighted by Crippen LogP contribution is 2.16. The van der Waals surface area contributed by atoms with Gasteiger partial charge in [0.2, 0.25) is 5.91 Å². The van der Waals surface area contributed by atoms with Crippen LogP contribution in [0, 0.1) is 0 Å². The van der Waals surface area contributed by atoms with Crippen LogP contribution in [0.15, 0.2) is 12.3 Å². The van der Waals surface area contributed by atoms with Crippen LogP contribution in [0.3, 0.4) is 0 Å². The summed E-state index contributed by atoms with van der Waals surface area (Å²) in [6.07, 6.45) is 2.03. The molecule has 0 spiro atoms. The molecule has 1 heterocycles. The lowest BCUT2D eigenvalue weighted by atomic mass is 10.3. The molecule has 6 heteroatoms. The fourth-order valence-corrected chi connectivity index (χ4v) is 1.71. The van der Waals surface area contributed by atoms with Crippen molar-refractivity contribution in [2.45, 2.75) is 26.3 Å². The van der Waals surface area contributed by atoms with Crippen LogP contribution in [0.5, 0.6) is 0 Å². The van der Waals surface area contributed by atoms with Crippen LogP contribution in [-0.2, 0) is 4.79 Å². The Balaban J connectivity index is 2.61. The SMILES string of the molecule is CC(C)n1cc(N)cc1C(=O)NCCC(=O)N(C)C. The fourth-order valence-electron chi connectivity index (χ4n) is 1.71. The van der Waals surface area contributed by atoms with E-state index in [4.69, 9.17) is 5.73 Å². The average molecular weight is 266 g/mol. The summed E-state index contributed by atoms with van der Waals surface area (Å²) >= 11 is 0. The second kappa shape index (κ2) is 6.26. The Kier molecular flexibility index (Phi) is 4.97. The topological polar surface area (TPSA) is 80.4 Å². The Bertz CT molecular complexity index is 463. The molecule has 0 bridgehead atoms. The predicted molar refractivity (Wildman–Crippen MR) is 74.9 cm³/mol. The largest absolute Gasteiger partial charge is 0.397 e. The molecule has 1 aromatic rings. The molecule has 0 unspecified atom stereocenters. The zero-order valence-corrected chi connectivity index (χ0v) is 11.9. The van der Waals surface area contributed by atoms with E-state index >= 15 is 0 Å². The molecule has 0 saturated heterocycles. The predicted octanol–water partition coefficient (Wildman–Crippen LogP) is 0.859. The molecule has 0 fully saturated rings. The number of amides is 2. The summed E-state index contributed by atoms with van der Waals surface area (Å²) in [6, 6.07) is 1.80. The molecule has 0 radical (unpaired) electrons. The lowest BCUT2D eigenvalue weighted by Crippen LogP contribution is -2.31. The van der Waals surface area contributed by atoms with E-state index in [0.29, 0.717) is 17.9 Å². The van der Waals surface area contributed by atoms with E-state index in [1.54, 1.807) is 26.4 Å². The maximum atomic E-state index is 12.0. The first kappa shape index (κ1) is 15.1. The van der Waals surface area contributed by atoms with Crippen molar-refractivity contribution in [3.8, 4) is 0 Å². The van der Waals surface area contributed by atoms with Crippen LogP contribution < -0.4 is 11.1 Å². The van der Waals surface area contributed by atoms with E-state index in [-0.39, 0.29) is 24.3 Å². The van der Waals surface area contributed by atoms with Crippen molar-refractivity contribution in [2.75, 3.05) is 26.4 Å². The van der Waals surface area contributed by atoms with E-state index in [9.17, 15) is 9.59 Å². The third-order valence-electron chi connectivity index (χ3n) is 2.78. The van der Waals surface area contributed by atoms with Gasteiger partial charge in [0.05, 0.1) is 5.69 Å². The monoisotopic (exact) mass is 266 g/mol. The van der Waals surface area contributed by atoms with Gasteiger partial charge in [-0.05, 0) is 19.9 Å². The summed E-state index contributed by atoms with van der Waals surface area (Å²) in [5, 5.41) is 2.73. The van der Waals surface area contributed by atoms with Gasteiger partial charge >= 0.3 is 0 Å².